The Balaban J connectivity index is 2.70. The Morgan fingerprint density at radius 2 is 2.00 bits per heavy atom. The molecule has 18 heavy (non-hydrogen) atoms. The first kappa shape index (κ1) is 15.7. The van der Waals surface area contributed by atoms with Crippen LogP contribution in [0.25, 0.3) is 0 Å². The quantitative estimate of drug-likeness (QED) is 0.781. The van der Waals surface area contributed by atoms with Gasteiger partial charge in [0.15, 0.2) is 0 Å². The topological polar surface area (TPSA) is 12.0 Å². The van der Waals surface area contributed by atoms with E-state index in [0.29, 0.717) is 23.0 Å². The summed E-state index contributed by atoms with van der Waals surface area (Å²) < 4.78 is 13.6. The van der Waals surface area contributed by atoms with Gasteiger partial charge >= 0.3 is 0 Å². The van der Waals surface area contributed by atoms with E-state index in [9.17, 15) is 4.39 Å². The highest BCUT2D eigenvalue weighted by molar-refractivity contribution is 6.30. The van der Waals surface area contributed by atoms with Crippen molar-refractivity contribution < 1.29 is 4.39 Å². The number of hydrogen-bond donors (Lipinski definition) is 1. The van der Waals surface area contributed by atoms with Gasteiger partial charge in [0.1, 0.15) is 5.82 Å². The monoisotopic (exact) mass is 291 g/mol. The minimum absolute atomic E-state index is 0.0872. The molecule has 1 N–H and O–H groups in total. The fourth-order valence-electron chi connectivity index (χ4n) is 1.86. The van der Waals surface area contributed by atoms with E-state index in [1.807, 2.05) is 0 Å². The third kappa shape index (κ3) is 4.75. The molecule has 1 nitrogen and oxygen atoms in total. The first-order chi connectivity index (χ1) is 8.34. The second-order valence-electron chi connectivity index (χ2n) is 5.51. The van der Waals surface area contributed by atoms with Crippen LogP contribution in [-0.2, 0) is 6.54 Å². The molecule has 0 radical (unpaired) electrons. The van der Waals surface area contributed by atoms with E-state index in [4.69, 9.17) is 23.2 Å². The van der Waals surface area contributed by atoms with Gasteiger partial charge in [0.25, 0.3) is 0 Å². The van der Waals surface area contributed by atoms with E-state index in [-0.39, 0.29) is 17.3 Å². The normalized spacial score (nSPS) is 13.7. The fraction of sp³-hybridized carbons (Fsp3) is 0.571. The number of rotatable bonds is 5. The third-order valence-corrected chi connectivity index (χ3v) is 3.44. The van der Waals surface area contributed by atoms with Crippen molar-refractivity contribution in [3.8, 4) is 0 Å². The van der Waals surface area contributed by atoms with Crippen LogP contribution in [-0.4, -0.2) is 11.9 Å². The Bertz CT molecular complexity index is 388. The maximum atomic E-state index is 13.6. The van der Waals surface area contributed by atoms with Gasteiger partial charge in [0.2, 0.25) is 0 Å². The molecule has 1 unspecified atom stereocenters. The standard InChI is InChI=1S/C14H20Cl2FN/c1-14(2,3)13(6-7-15)18-9-10-8-11(16)4-5-12(10)17/h4-5,8,13,18H,6-7,9H2,1-3H3. The molecule has 0 spiro atoms. The van der Waals surface area contributed by atoms with E-state index in [1.165, 1.54) is 6.07 Å². The van der Waals surface area contributed by atoms with E-state index in [1.54, 1.807) is 12.1 Å². The predicted octanol–water partition coefficient (Wildman–Crippen LogP) is 4.61. The van der Waals surface area contributed by atoms with Gasteiger partial charge in [-0.2, -0.15) is 0 Å². The molecule has 0 amide bonds. The lowest BCUT2D eigenvalue weighted by molar-refractivity contribution is 0.259. The largest absolute Gasteiger partial charge is 0.309 e. The van der Waals surface area contributed by atoms with Gasteiger partial charge < -0.3 is 5.32 Å². The van der Waals surface area contributed by atoms with Crippen molar-refractivity contribution in [3.05, 3.63) is 34.6 Å². The highest BCUT2D eigenvalue weighted by atomic mass is 35.5. The molecule has 1 atom stereocenters. The predicted molar refractivity (Wildman–Crippen MR) is 76.8 cm³/mol. The lowest BCUT2D eigenvalue weighted by Crippen LogP contribution is -2.40. The summed E-state index contributed by atoms with van der Waals surface area (Å²) in [4.78, 5) is 0. The van der Waals surface area contributed by atoms with E-state index < -0.39 is 0 Å². The van der Waals surface area contributed by atoms with Gasteiger partial charge in [-0.05, 0) is 30.0 Å². The average Bonchev–Trinajstić information content (AvgIpc) is 2.27. The van der Waals surface area contributed by atoms with Crippen LogP contribution in [0.4, 0.5) is 4.39 Å². The first-order valence-electron chi connectivity index (χ1n) is 6.08. The molecule has 1 rings (SSSR count). The molecule has 0 aliphatic rings. The Hall–Kier alpha value is -0.310. The molecule has 0 saturated carbocycles. The second-order valence-corrected chi connectivity index (χ2v) is 6.33. The van der Waals surface area contributed by atoms with Crippen molar-refractivity contribution in [2.24, 2.45) is 5.41 Å². The van der Waals surface area contributed by atoms with Crippen molar-refractivity contribution in [1.82, 2.24) is 5.32 Å². The molecule has 1 aromatic rings. The van der Waals surface area contributed by atoms with Crippen molar-refractivity contribution >= 4 is 23.2 Å². The Kier molecular flexibility index (Phi) is 5.90. The number of hydrogen-bond acceptors (Lipinski definition) is 1. The minimum atomic E-state index is -0.231. The molecular formula is C14H20Cl2FN. The Morgan fingerprint density at radius 3 is 2.56 bits per heavy atom. The van der Waals surface area contributed by atoms with Crippen LogP contribution in [0.1, 0.15) is 32.8 Å². The van der Waals surface area contributed by atoms with E-state index >= 15 is 0 Å². The summed E-state index contributed by atoms with van der Waals surface area (Å²) in [6, 6.07) is 4.85. The molecule has 1 aromatic carbocycles. The van der Waals surface area contributed by atoms with Crippen LogP contribution in [0.3, 0.4) is 0 Å². The summed E-state index contributed by atoms with van der Waals surface area (Å²) in [6.45, 7) is 6.90. The molecule has 0 aliphatic heterocycles. The molecule has 0 bridgehead atoms. The highest BCUT2D eigenvalue weighted by Crippen LogP contribution is 2.23. The summed E-state index contributed by atoms with van der Waals surface area (Å²) in [5.41, 5.74) is 0.676. The first-order valence-corrected chi connectivity index (χ1v) is 6.99. The molecule has 0 fully saturated rings. The van der Waals surface area contributed by atoms with Crippen LogP contribution in [0.5, 0.6) is 0 Å². The van der Waals surface area contributed by atoms with Crippen molar-refractivity contribution in [3.63, 3.8) is 0 Å². The lowest BCUT2D eigenvalue weighted by Gasteiger charge is -2.31. The zero-order valence-electron chi connectivity index (χ0n) is 11.1. The maximum Gasteiger partial charge on any atom is 0.127 e. The summed E-state index contributed by atoms with van der Waals surface area (Å²) in [7, 11) is 0. The number of alkyl halides is 1. The lowest BCUT2D eigenvalue weighted by atomic mass is 9.85. The van der Waals surface area contributed by atoms with Crippen LogP contribution in [0.15, 0.2) is 18.2 Å². The molecule has 0 saturated heterocycles. The molecule has 4 heteroatoms. The Labute approximate surface area is 119 Å². The minimum Gasteiger partial charge on any atom is -0.309 e. The summed E-state index contributed by atoms with van der Waals surface area (Å²) in [5, 5.41) is 3.92. The number of nitrogens with one attached hydrogen (secondary N) is 1. The summed E-state index contributed by atoms with van der Waals surface area (Å²) in [6.07, 6.45) is 0.854. The van der Waals surface area contributed by atoms with Gasteiger partial charge in [0, 0.05) is 29.1 Å². The maximum absolute atomic E-state index is 13.6. The molecule has 0 aliphatic carbocycles. The van der Waals surface area contributed by atoms with E-state index in [2.05, 4.69) is 26.1 Å². The molecular weight excluding hydrogens is 272 g/mol. The Morgan fingerprint density at radius 1 is 1.33 bits per heavy atom. The zero-order valence-corrected chi connectivity index (χ0v) is 12.6. The van der Waals surface area contributed by atoms with Crippen molar-refractivity contribution in [2.45, 2.75) is 39.8 Å². The van der Waals surface area contributed by atoms with Gasteiger partial charge in [-0.1, -0.05) is 32.4 Å². The molecule has 102 valence electrons. The zero-order chi connectivity index (χ0) is 13.8. The highest BCUT2D eigenvalue weighted by Gasteiger charge is 2.23. The van der Waals surface area contributed by atoms with Gasteiger partial charge in [-0.3, -0.25) is 0 Å². The average molecular weight is 292 g/mol. The van der Waals surface area contributed by atoms with Gasteiger partial charge in [-0.25, -0.2) is 4.39 Å². The van der Waals surface area contributed by atoms with Crippen molar-refractivity contribution in [1.29, 1.82) is 0 Å². The third-order valence-electron chi connectivity index (χ3n) is 2.99. The fourth-order valence-corrected chi connectivity index (χ4v) is 2.28. The summed E-state index contributed by atoms with van der Waals surface area (Å²) in [5.74, 6) is 0.359. The van der Waals surface area contributed by atoms with Gasteiger partial charge in [0.05, 0.1) is 0 Å². The van der Waals surface area contributed by atoms with Gasteiger partial charge in [-0.15, -0.1) is 11.6 Å². The van der Waals surface area contributed by atoms with Crippen LogP contribution in [0, 0.1) is 11.2 Å². The van der Waals surface area contributed by atoms with Crippen LogP contribution >= 0.6 is 23.2 Å². The van der Waals surface area contributed by atoms with Crippen LogP contribution < -0.4 is 5.32 Å². The number of halogens is 3. The second kappa shape index (κ2) is 6.74. The SMILES string of the molecule is CC(C)(C)C(CCCl)NCc1cc(Cl)ccc1F. The van der Waals surface area contributed by atoms with E-state index in [0.717, 1.165) is 6.42 Å². The van der Waals surface area contributed by atoms with Crippen LogP contribution in [0.2, 0.25) is 5.02 Å². The smallest absolute Gasteiger partial charge is 0.127 e. The van der Waals surface area contributed by atoms with Crippen molar-refractivity contribution in [2.75, 3.05) is 5.88 Å². The summed E-state index contributed by atoms with van der Waals surface area (Å²) >= 11 is 11.7. The molecule has 0 heterocycles. The number of benzene rings is 1. The molecule has 0 aromatic heterocycles.